The van der Waals surface area contributed by atoms with Gasteiger partial charge in [0.1, 0.15) is 18.1 Å². The van der Waals surface area contributed by atoms with E-state index in [-0.39, 0.29) is 0 Å². The normalized spacial score (nSPS) is 10.7. The summed E-state index contributed by atoms with van der Waals surface area (Å²) in [5.74, 6) is 1.96. The third-order valence-corrected chi connectivity index (χ3v) is 4.47. The number of fused-ring (bicyclic) bond motifs is 1. The van der Waals surface area contributed by atoms with Crippen molar-refractivity contribution in [3.05, 3.63) is 78.0 Å². The largest absolute Gasteiger partial charge is 0.495 e. The number of aromatic nitrogens is 4. The van der Waals surface area contributed by atoms with E-state index in [4.69, 9.17) is 14.2 Å². The van der Waals surface area contributed by atoms with Crippen molar-refractivity contribution in [3.8, 4) is 17.4 Å². The van der Waals surface area contributed by atoms with Crippen LogP contribution in [-0.2, 0) is 13.0 Å². The highest BCUT2D eigenvalue weighted by atomic mass is 16.5. The Kier molecular flexibility index (Phi) is 5.47. The highest BCUT2D eigenvalue weighted by molar-refractivity contribution is 5.79. The Morgan fingerprint density at radius 2 is 1.66 bits per heavy atom. The van der Waals surface area contributed by atoms with Crippen LogP contribution in [0, 0.1) is 0 Å². The van der Waals surface area contributed by atoms with Gasteiger partial charge in [-0.2, -0.15) is 0 Å². The third kappa shape index (κ3) is 4.40. The maximum atomic E-state index is 5.72. The van der Waals surface area contributed by atoms with Crippen LogP contribution in [0.25, 0.3) is 11.0 Å². The van der Waals surface area contributed by atoms with Crippen molar-refractivity contribution in [2.45, 2.75) is 13.0 Å². The Hall–Kier alpha value is -3.74. The zero-order valence-electron chi connectivity index (χ0n) is 16.2. The summed E-state index contributed by atoms with van der Waals surface area (Å²) in [6, 6.07) is 11.4. The van der Waals surface area contributed by atoms with Gasteiger partial charge in [-0.05, 0) is 29.3 Å². The predicted octanol–water partition coefficient (Wildman–Crippen LogP) is 3.61. The SMILES string of the molecule is COc1ccc(COc2ccc(Cc3ccnc4cc(OC)cnc34)cn2)nc1. The maximum absolute atomic E-state index is 5.72. The molecule has 4 aromatic heterocycles. The third-order valence-electron chi connectivity index (χ3n) is 4.47. The molecule has 29 heavy (non-hydrogen) atoms. The first kappa shape index (κ1) is 18.6. The molecule has 0 aromatic carbocycles. The van der Waals surface area contributed by atoms with Crippen molar-refractivity contribution in [2.24, 2.45) is 0 Å². The van der Waals surface area contributed by atoms with Gasteiger partial charge in [0.05, 0.1) is 43.3 Å². The van der Waals surface area contributed by atoms with Crippen molar-refractivity contribution >= 4 is 11.0 Å². The van der Waals surface area contributed by atoms with Crippen LogP contribution in [0.4, 0.5) is 0 Å². The summed E-state index contributed by atoms with van der Waals surface area (Å²) in [6.45, 7) is 0.344. The summed E-state index contributed by atoms with van der Waals surface area (Å²) < 4.78 is 16.0. The standard InChI is InChI=1S/C22H20N4O3/c1-27-18-5-4-17(24-12-18)14-29-21-6-3-15(11-25-21)9-16-7-8-23-20-10-19(28-2)13-26-22(16)20/h3-8,10-13H,9,14H2,1-2H3. The number of nitrogens with zero attached hydrogens (tertiary/aromatic N) is 4. The molecule has 0 saturated heterocycles. The number of ether oxygens (including phenoxy) is 3. The van der Waals surface area contributed by atoms with Crippen molar-refractivity contribution in [3.63, 3.8) is 0 Å². The monoisotopic (exact) mass is 388 g/mol. The van der Waals surface area contributed by atoms with Gasteiger partial charge in [0, 0.05) is 30.9 Å². The molecular formula is C22H20N4O3. The van der Waals surface area contributed by atoms with Gasteiger partial charge in [0.25, 0.3) is 0 Å². The Balaban J connectivity index is 1.43. The van der Waals surface area contributed by atoms with Gasteiger partial charge in [-0.25, -0.2) is 4.98 Å². The maximum Gasteiger partial charge on any atom is 0.213 e. The van der Waals surface area contributed by atoms with Crippen LogP contribution in [0.2, 0.25) is 0 Å². The molecule has 0 aliphatic carbocycles. The first-order chi connectivity index (χ1) is 14.2. The van der Waals surface area contributed by atoms with E-state index in [0.29, 0.717) is 30.4 Å². The number of hydrogen-bond donors (Lipinski definition) is 0. The second-order valence-corrected chi connectivity index (χ2v) is 6.37. The van der Waals surface area contributed by atoms with Crippen molar-refractivity contribution in [2.75, 3.05) is 14.2 Å². The Morgan fingerprint density at radius 1 is 0.793 bits per heavy atom. The van der Waals surface area contributed by atoms with Gasteiger partial charge >= 0.3 is 0 Å². The van der Waals surface area contributed by atoms with E-state index in [9.17, 15) is 0 Å². The topological polar surface area (TPSA) is 79.2 Å². The van der Waals surface area contributed by atoms with E-state index in [1.807, 2.05) is 42.6 Å². The molecule has 0 amide bonds. The molecule has 146 valence electrons. The molecule has 0 unspecified atom stereocenters. The minimum Gasteiger partial charge on any atom is -0.495 e. The van der Waals surface area contributed by atoms with Crippen LogP contribution in [-0.4, -0.2) is 34.2 Å². The molecule has 0 aliphatic heterocycles. The van der Waals surface area contributed by atoms with Crippen molar-refractivity contribution in [1.29, 1.82) is 0 Å². The average Bonchev–Trinajstić information content (AvgIpc) is 2.78. The molecule has 4 rings (SSSR count). The number of rotatable bonds is 7. The quantitative estimate of drug-likeness (QED) is 0.478. The molecule has 4 heterocycles. The van der Waals surface area contributed by atoms with Gasteiger partial charge in [-0.3, -0.25) is 15.0 Å². The van der Waals surface area contributed by atoms with E-state index >= 15 is 0 Å². The lowest BCUT2D eigenvalue weighted by Crippen LogP contribution is -2.00. The lowest BCUT2D eigenvalue weighted by atomic mass is 10.1. The van der Waals surface area contributed by atoms with Crippen molar-refractivity contribution in [1.82, 2.24) is 19.9 Å². The first-order valence-electron chi connectivity index (χ1n) is 9.09. The fraction of sp³-hybridized carbons (Fsp3) is 0.182. The lowest BCUT2D eigenvalue weighted by molar-refractivity contribution is 0.288. The first-order valence-corrected chi connectivity index (χ1v) is 9.09. The molecule has 0 radical (unpaired) electrons. The van der Waals surface area contributed by atoms with Crippen LogP contribution in [0.1, 0.15) is 16.8 Å². The van der Waals surface area contributed by atoms with E-state index < -0.39 is 0 Å². The zero-order chi connectivity index (χ0) is 20.1. The molecule has 0 bridgehead atoms. The van der Waals surface area contributed by atoms with Crippen LogP contribution in [0.5, 0.6) is 17.4 Å². The summed E-state index contributed by atoms with van der Waals surface area (Å²) in [6.07, 6.45) is 7.66. The second-order valence-electron chi connectivity index (χ2n) is 6.37. The molecule has 7 nitrogen and oxygen atoms in total. The summed E-state index contributed by atoms with van der Waals surface area (Å²) >= 11 is 0. The Morgan fingerprint density at radius 3 is 2.38 bits per heavy atom. The van der Waals surface area contributed by atoms with Crippen LogP contribution < -0.4 is 14.2 Å². The molecule has 0 fully saturated rings. The molecule has 0 saturated carbocycles. The summed E-state index contributed by atoms with van der Waals surface area (Å²) in [7, 11) is 3.23. The van der Waals surface area contributed by atoms with Gasteiger partial charge in [0.15, 0.2) is 0 Å². The summed E-state index contributed by atoms with van der Waals surface area (Å²) in [5.41, 5.74) is 4.61. The number of hydrogen-bond acceptors (Lipinski definition) is 7. The van der Waals surface area contributed by atoms with E-state index in [0.717, 1.165) is 27.9 Å². The minimum atomic E-state index is 0.344. The van der Waals surface area contributed by atoms with Crippen molar-refractivity contribution < 1.29 is 14.2 Å². The average molecular weight is 388 g/mol. The summed E-state index contributed by atoms with van der Waals surface area (Å²) in [5, 5.41) is 0. The van der Waals surface area contributed by atoms with Crippen LogP contribution >= 0.6 is 0 Å². The number of pyridine rings is 4. The molecular weight excluding hydrogens is 368 g/mol. The predicted molar refractivity (Wildman–Crippen MR) is 108 cm³/mol. The summed E-state index contributed by atoms with van der Waals surface area (Å²) in [4.78, 5) is 17.6. The van der Waals surface area contributed by atoms with Crippen LogP contribution in [0.3, 0.4) is 0 Å². The van der Waals surface area contributed by atoms with Gasteiger partial charge < -0.3 is 14.2 Å². The minimum absolute atomic E-state index is 0.344. The van der Waals surface area contributed by atoms with Gasteiger partial charge in [0.2, 0.25) is 5.88 Å². The molecule has 7 heteroatoms. The smallest absolute Gasteiger partial charge is 0.213 e. The van der Waals surface area contributed by atoms with E-state index in [1.54, 1.807) is 32.8 Å². The molecule has 0 aliphatic rings. The van der Waals surface area contributed by atoms with Gasteiger partial charge in [-0.15, -0.1) is 0 Å². The molecule has 4 aromatic rings. The lowest BCUT2D eigenvalue weighted by Gasteiger charge is -2.08. The molecule has 0 atom stereocenters. The highest BCUT2D eigenvalue weighted by Gasteiger charge is 2.07. The Labute approximate surface area is 168 Å². The van der Waals surface area contributed by atoms with Gasteiger partial charge in [-0.1, -0.05) is 6.07 Å². The zero-order valence-corrected chi connectivity index (χ0v) is 16.2. The van der Waals surface area contributed by atoms with E-state index in [2.05, 4.69) is 19.9 Å². The second kappa shape index (κ2) is 8.52. The van der Waals surface area contributed by atoms with E-state index in [1.165, 1.54) is 0 Å². The fourth-order valence-electron chi connectivity index (χ4n) is 2.91. The number of methoxy groups -OCH3 is 2. The Bertz CT molecular complexity index is 1100. The molecule has 0 N–H and O–H groups in total. The fourth-order valence-corrected chi connectivity index (χ4v) is 2.91. The van der Waals surface area contributed by atoms with Crippen LogP contribution in [0.15, 0.2) is 61.2 Å². The highest BCUT2D eigenvalue weighted by Crippen LogP contribution is 2.22. The molecule has 0 spiro atoms.